The first-order valence-corrected chi connectivity index (χ1v) is 9.91. The first-order valence-electron chi connectivity index (χ1n) is 9.91. The van der Waals surface area contributed by atoms with Crippen molar-refractivity contribution in [3.63, 3.8) is 0 Å². The minimum atomic E-state index is -0.0471. The summed E-state index contributed by atoms with van der Waals surface area (Å²) in [5, 5.41) is 3.01. The second kappa shape index (κ2) is 9.96. The van der Waals surface area contributed by atoms with Crippen molar-refractivity contribution in [2.45, 2.75) is 25.8 Å². The van der Waals surface area contributed by atoms with Crippen LogP contribution in [0.15, 0.2) is 48.5 Å². The number of hydrogen-bond acceptors (Lipinski definition) is 4. The van der Waals surface area contributed by atoms with E-state index < -0.39 is 0 Å². The molecule has 1 heterocycles. The minimum Gasteiger partial charge on any atom is -0.497 e. The summed E-state index contributed by atoms with van der Waals surface area (Å²) in [6.07, 6.45) is 1.62. The van der Waals surface area contributed by atoms with E-state index in [1.165, 1.54) is 0 Å². The molecule has 1 aliphatic heterocycles. The van der Waals surface area contributed by atoms with Crippen LogP contribution in [0, 0.1) is 5.92 Å². The molecule has 0 unspecified atom stereocenters. The van der Waals surface area contributed by atoms with Crippen LogP contribution in [0.4, 0.5) is 0 Å². The molecule has 2 aromatic rings. The fourth-order valence-corrected chi connectivity index (χ4v) is 3.62. The van der Waals surface area contributed by atoms with E-state index >= 15 is 0 Å². The number of rotatable bonds is 7. The number of hydrogen-bond donors (Lipinski definition) is 1. The second-order valence-corrected chi connectivity index (χ2v) is 7.21. The number of nitrogens with zero attached hydrogens (tertiary/aromatic N) is 1. The van der Waals surface area contributed by atoms with Crippen LogP contribution in [0.2, 0.25) is 0 Å². The number of ether oxygens (including phenoxy) is 2. The Morgan fingerprint density at radius 3 is 2.41 bits per heavy atom. The summed E-state index contributed by atoms with van der Waals surface area (Å²) in [4.78, 5) is 27.0. The zero-order valence-corrected chi connectivity index (χ0v) is 17.0. The van der Waals surface area contributed by atoms with Crippen LogP contribution in [0.3, 0.4) is 0 Å². The molecule has 0 spiro atoms. The van der Waals surface area contributed by atoms with Gasteiger partial charge >= 0.3 is 0 Å². The normalized spacial score (nSPS) is 14.3. The fourth-order valence-electron chi connectivity index (χ4n) is 3.62. The Bertz CT molecular complexity index is 830. The molecule has 0 radical (unpaired) electrons. The predicted octanol–water partition coefficient (Wildman–Crippen LogP) is 2.80. The lowest BCUT2D eigenvalue weighted by Crippen LogP contribution is -2.43. The van der Waals surface area contributed by atoms with Crippen molar-refractivity contribution in [3.8, 4) is 11.5 Å². The van der Waals surface area contributed by atoms with E-state index in [4.69, 9.17) is 9.47 Å². The number of methoxy groups -OCH3 is 2. The number of nitrogens with one attached hydrogen (secondary N) is 1. The van der Waals surface area contributed by atoms with Gasteiger partial charge in [0, 0.05) is 31.1 Å². The Balaban J connectivity index is 1.50. The van der Waals surface area contributed by atoms with Crippen molar-refractivity contribution in [3.05, 3.63) is 59.7 Å². The lowest BCUT2D eigenvalue weighted by Gasteiger charge is -2.31. The fraction of sp³-hybridized carbons (Fsp3) is 0.391. The summed E-state index contributed by atoms with van der Waals surface area (Å²) in [5.41, 5.74) is 1.89. The van der Waals surface area contributed by atoms with Gasteiger partial charge in [0.05, 0.1) is 20.6 Å². The monoisotopic (exact) mass is 396 g/mol. The van der Waals surface area contributed by atoms with Crippen LogP contribution >= 0.6 is 0 Å². The van der Waals surface area contributed by atoms with Gasteiger partial charge in [-0.3, -0.25) is 9.59 Å². The van der Waals surface area contributed by atoms with Gasteiger partial charge in [-0.1, -0.05) is 30.3 Å². The van der Waals surface area contributed by atoms with Gasteiger partial charge < -0.3 is 19.7 Å². The van der Waals surface area contributed by atoms with Crippen LogP contribution in [-0.2, 0) is 22.6 Å². The molecule has 1 saturated heterocycles. The zero-order chi connectivity index (χ0) is 20.6. The smallest absolute Gasteiger partial charge is 0.227 e. The van der Waals surface area contributed by atoms with Gasteiger partial charge in [0.1, 0.15) is 11.5 Å². The Morgan fingerprint density at radius 2 is 1.76 bits per heavy atom. The van der Waals surface area contributed by atoms with Crippen LogP contribution in [0.1, 0.15) is 24.0 Å². The Morgan fingerprint density at radius 1 is 1.03 bits per heavy atom. The SMILES string of the molecule is COc1ccc(OC)c(CC(=O)N2CCC(C(=O)NCc3ccccc3)CC2)c1. The van der Waals surface area contributed by atoms with E-state index in [-0.39, 0.29) is 24.2 Å². The van der Waals surface area contributed by atoms with Gasteiger partial charge in [-0.25, -0.2) is 0 Å². The van der Waals surface area contributed by atoms with Crippen molar-refractivity contribution >= 4 is 11.8 Å². The summed E-state index contributed by atoms with van der Waals surface area (Å²) in [6, 6.07) is 15.3. The third-order valence-corrected chi connectivity index (χ3v) is 5.36. The second-order valence-electron chi connectivity index (χ2n) is 7.21. The van der Waals surface area contributed by atoms with E-state index in [2.05, 4.69) is 5.32 Å². The molecule has 0 saturated carbocycles. The van der Waals surface area contributed by atoms with E-state index in [0.29, 0.717) is 44.0 Å². The lowest BCUT2D eigenvalue weighted by atomic mass is 9.95. The maximum Gasteiger partial charge on any atom is 0.227 e. The van der Waals surface area contributed by atoms with E-state index in [1.54, 1.807) is 14.2 Å². The van der Waals surface area contributed by atoms with Crippen LogP contribution < -0.4 is 14.8 Å². The van der Waals surface area contributed by atoms with Crippen molar-refractivity contribution < 1.29 is 19.1 Å². The van der Waals surface area contributed by atoms with Crippen molar-refractivity contribution in [2.75, 3.05) is 27.3 Å². The van der Waals surface area contributed by atoms with Crippen molar-refractivity contribution in [2.24, 2.45) is 5.92 Å². The molecular weight excluding hydrogens is 368 g/mol. The van der Waals surface area contributed by atoms with Crippen molar-refractivity contribution in [1.29, 1.82) is 0 Å². The topological polar surface area (TPSA) is 67.9 Å². The van der Waals surface area contributed by atoms with Crippen LogP contribution in [-0.4, -0.2) is 44.0 Å². The summed E-state index contributed by atoms with van der Waals surface area (Å²) < 4.78 is 10.6. The largest absolute Gasteiger partial charge is 0.497 e. The molecule has 1 N–H and O–H groups in total. The number of benzene rings is 2. The maximum atomic E-state index is 12.8. The van der Waals surface area contributed by atoms with Crippen LogP contribution in [0.25, 0.3) is 0 Å². The van der Waals surface area contributed by atoms with Gasteiger partial charge in [-0.15, -0.1) is 0 Å². The standard InChI is InChI=1S/C23H28N2O4/c1-28-20-8-9-21(29-2)19(14-20)15-22(26)25-12-10-18(11-13-25)23(27)24-16-17-6-4-3-5-7-17/h3-9,14,18H,10-13,15-16H2,1-2H3,(H,24,27). The number of carbonyl (C=O) groups excluding carboxylic acids is 2. The number of carbonyl (C=O) groups is 2. The highest BCUT2D eigenvalue weighted by Crippen LogP contribution is 2.26. The van der Waals surface area contributed by atoms with E-state index in [0.717, 1.165) is 11.1 Å². The Hall–Kier alpha value is -3.02. The van der Waals surface area contributed by atoms with Crippen molar-refractivity contribution in [1.82, 2.24) is 10.2 Å². The average molecular weight is 396 g/mol. The lowest BCUT2D eigenvalue weighted by molar-refractivity contribution is -0.135. The molecule has 0 aliphatic carbocycles. The van der Waals surface area contributed by atoms with Crippen LogP contribution in [0.5, 0.6) is 11.5 Å². The molecule has 6 nitrogen and oxygen atoms in total. The van der Waals surface area contributed by atoms with Gasteiger partial charge in [-0.2, -0.15) is 0 Å². The van der Waals surface area contributed by atoms with Gasteiger partial charge in [0.15, 0.2) is 0 Å². The summed E-state index contributed by atoms with van der Waals surface area (Å²) in [7, 11) is 3.19. The molecule has 3 rings (SSSR count). The molecule has 29 heavy (non-hydrogen) atoms. The molecule has 2 amide bonds. The highest BCUT2D eigenvalue weighted by atomic mass is 16.5. The average Bonchev–Trinajstić information content (AvgIpc) is 2.78. The number of amides is 2. The van der Waals surface area contributed by atoms with Gasteiger partial charge in [0.25, 0.3) is 0 Å². The molecule has 154 valence electrons. The Kier molecular flexibility index (Phi) is 7.11. The quantitative estimate of drug-likeness (QED) is 0.782. The zero-order valence-electron chi connectivity index (χ0n) is 17.0. The van der Waals surface area contributed by atoms with E-state index in [9.17, 15) is 9.59 Å². The third kappa shape index (κ3) is 5.50. The molecular formula is C23H28N2O4. The summed E-state index contributed by atoms with van der Waals surface area (Å²) >= 11 is 0. The minimum absolute atomic E-state index is 0.0414. The maximum absolute atomic E-state index is 12.8. The number of likely N-dealkylation sites (tertiary alicyclic amines) is 1. The summed E-state index contributed by atoms with van der Waals surface area (Å²) in [5.74, 6) is 1.43. The highest BCUT2D eigenvalue weighted by molar-refractivity contribution is 5.81. The highest BCUT2D eigenvalue weighted by Gasteiger charge is 2.27. The first-order chi connectivity index (χ1) is 14.1. The predicted molar refractivity (Wildman–Crippen MR) is 111 cm³/mol. The van der Waals surface area contributed by atoms with Gasteiger partial charge in [0.2, 0.25) is 11.8 Å². The van der Waals surface area contributed by atoms with E-state index in [1.807, 2.05) is 53.4 Å². The number of piperidine rings is 1. The first kappa shape index (κ1) is 20.7. The Labute approximate surface area is 171 Å². The molecule has 1 fully saturated rings. The molecule has 1 aliphatic rings. The van der Waals surface area contributed by atoms with Gasteiger partial charge in [-0.05, 0) is 36.6 Å². The molecule has 2 aromatic carbocycles. The molecule has 0 bridgehead atoms. The molecule has 0 atom stereocenters. The molecule has 6 heteroatoms. The third-order valence-electron chi connectivity index (χ3n) is 5.36. The summed E-state index contributed by atoms with van der Waals surface area (Å²) in [6.45, 7) is 1.72. The molecule has 0 aromatic heterocycles.